The number of benzene rings is 5. The molecule has 4 atom stereocenters. The molecule has 5 aromatic carbocycles. The third-order valence-electron chi connectivity index (χ3n) is 10.5. The van der Waals surface area contributed by atoms with Gasteiger partial charge in [-0.25, -0.2) is 19.2 Å². The van der Waals surface area contributed by atoms with E-state index in [1.807, 2.05) is 0 Å². The SMILES string of the molecule is COC(=O)[C@H](C)NC(=O)c1ccccc1Nc1ccc(Nc2cc(C(=O)N[C@@H](C)C(=O)OC)c(Nc3ccc(Nc4ccccc4C(=O)N[C@@H](C)C(=O)OC)cc3)cc2C(=O)N[C@@H](C)C(=O)OC)cc1. The monoisotopic (exact) mass is 958 g/mol. The second kappa shape index (κ2) is 24.2. The number of rotatable bonds is 20. The maximum Gasteiger partial charge on any atom is 0.328 e. The average molecular weight is 959 g/mol. The fraction of sp³-hybridized carbons (Fsp3) is 0.240. The lowest BCUT2D eigenvalue weighted by molar-refractivity contribution is -0.143. The summed E-state index contributed by atoms with van der Waals surface area (Å²) in [4.78, 5) is 103. The van der Waals surface area contributed by atoms with Gasteiger partial charge in [-0.15, -0.1) is 0 Å². The molecular weight excluding hydrogens is 905 g/mol. The van der Waals surface area contributed by atoms with Gasteiger partial charge in [-0.2, -0.15) is 0 Å². The first kappa shape index (κ1) is 52.0. The summed E-state index contributed by atoms with van der Waals surface area (Å²) in [5.74, 6) is -5.06. The number of methoxy groups -OCH3 is 4. The van der Waals surface area contributed by atoms with E-state index in [-0.39, 0.29) is 33.6 Å². The Bertz CT molecular complexity index is 2560. The van der Waals surface area contributed by atoms with Crippen LogP contribution in [0.3, 0.4) is 0 Å². The number of carbonyl (C=O) groups is 8. The van der Waals surface area contributed by atoms with Crippen LogP contribution in [0.1, 0.15) is 69.1 Å². The van der Waals surface area contributed by atoms with Gasteiger partial charge in [-0.1, -0.05) is 24.3 Å². The number of ether oxygens (including phenoxy) is 4. The van der Waals surface area contributed by atoms with Gasteiger partial charge in [-0.3, -0.25) is 19.2 Å². The Morgan fingerprint density at radius 2 is 0.557 bits per heavy atom. The van der Waals surface area contributed by atoms with Crippen LogP contribution in [0.2, 0.25) is 0 Å². The number of amides is 4. The quantitative estimate of drug-likeness (QED) is 0.0337. The molecule has 70 heavy (non-hydrogen) atoms. The van der Waals surface area contributed by atoms with Gasteiger partial charge in [0, 0.05) is 22.7 Å². The van der Waals surface area contributed by atoms with Crippen molar-refractivity contribution in [3.63, 3.8) is 0 Å². The predicted molar refractivity (Wildman–Crippen MR) is 261 cm³/mol. The van der Waals surface area contributed by atoms with Gasteiger partial charge in [0.05, 0.1) is 73.4 Å². The summed E-state index contributed by atoms with van der Waals surface area (Å²) in [5.41, 5.74) is 3.70. The topological polar surface area (TPSA) is 270 Å². The first-order valence-electron chi connectivity index (χ1n) is 21.7. The molecule has 4 amide bonds. The van der Waals surface area contributed by atoms with Crippen molar-refractivity contribution in [3.8, 4) is 0 Å². The fourth-order valence-corrected chi connectivity index (χ4v) is 6.70. The van der Waals surface area contributed by atoms with Gasteiger partial charge in [-0.05, 0) is 113 Å². The highest BCUT2D eigenvalue weighted by Crippen LogP contribution is 2.33. The molecule has 0 bridgehead atoms. The molecule has 20 heteroatoms. The maximum absolute atomic E-state index is 14.1. The lowest BCUT2D eigenvalue weighted by Crippen LogP contribution is -2.40. The van der Waals surface area contributed by atoms with Crippen LogP contribution in [0.25, 0.3) is 0 Å². The van der Waals surface area contributed by atoms with Crippen molar-refractivity contribution in [3.05, 3.63) is 131 Å². The zero-order chi connectivity index (χ0) is 51.1. The van der Waals surface area contributed by atoms with Crippen molar-refractivity contribution in [2.24, 2.45) is 0 Å². The highest BCUT2D eigenvalue weighted by Gasteiger charge is 2.26. The molecule has 20 nitrogen and oxygen atoms in total. The van der Waals surface area contributed by atoms with Gasteiger partial charge in [0.2, 0.25) is 0 Å². The highest BCUT2D eigenvalue weighted by molar-refractivity contribution is 6.09. The van der Waals surface area contributed by atoms with Gasteiger partial charge in [0.15, 0.2) is 0 Å². The zero-order valence-electron chi connectivity index (χ0n) is 39.6. The molecule has 5 rings (SSSR count). The lowest BCUT2D eigenvalue weighted by Gasteiger charge is -2.21. The second-order valence-corrected chi connectivity index (χ2v) is 15.6. The van der Waals surface area contributed by atoms with Crippen LogP contribution >= 0.6 is 0 Å². The molecule has 0 aliphatic heterocycles. The summed E-state index contributed by atoms with van der Waals surface area (Å²) in [6, 6.07) is 25.8. The van der Waals surface area contributed by atoms with Crippen LogP contribution in [0.4, 0.5) is 45.5 Å². The van der Waals surface area contributed by atoms with Crippen LogP contribution in [-0.2, 0) is 38.1 Å². The van der Waals surface area contributed by atoms with Crippen LogP contribution in [0, 0.1) is 0 Å². The molecule has 0 aromatic heterocycles. The van der Waals surface area contributed by atoms with E-state index in [1.165, 1.54) is 68.3 Å². The number of hydrogen-bond acceptors (Lipinski definition) is 16. The Hall–Kier alpha value is -8.94. The van der Waals surface area contributed by atoms with E-state index in [1.54, 1.807) is 97.1 Å². The molecule has 0 radical (unpaired) electrons. The number of esters is 4. The normalized spacial score (nSPS) is 12.2. The Morgan fingerprint density at radius 3 is 0.814 bits per heavy atom. The van der Waals surface area contributed by atoms with Crippen LogP contribution in [0.5, 0.6) is 0 Å². The van der Waals surface area contributed by atoms with Crippen molar-refractivity contribution in [2.45, 2.75) is 51.9 Å². The molecule has 0 saturated carbocycles. The van der Waals surface area contributed by atoms with Crippen LogP contribution < -0.4 is 42.5 Å². The van der Waals surface area contributed by atoms with Gasteiger partial charge in [0.1, 0.15) is 24.2 Å². The van der Waals surface area contributed by atoms with Crippen LogP contribution in [-0.4, -0.2) is 100 Å². The second-order valence-electron chi connectivity index (χ2n) is 15.6. The number of nitrogens with one attached hydrogen (secondary N) is 8. The smallest absolute Gasteiger partial charge is 0.328 e. The number of anilines is 8. The molecule has 0 saturated heterocycles. The number of carbonyl (C=O) groups excluding carboxylic acids is 8. The molecule has 0 aliphatic carbocycles. The lowest BCUT2D eigenvalue weighted by atomic mass is 10.0. The van der Waals surface area contributed by atoms with E-state index >= 15 is 0 Å². The molecule has 0 heterocycles. The molecule has 0 spiro atoms. The van der Waals surface area contributed by atoms with Crippen LogP contribution in [0.15, 0.2) is 109 Å². The maximum atomic E-state index is 14.1. The van der Waals surface area contributed by atoms with E-state index in [0.29, 0.717) is 34.1 Å². The molecule has 5 aromatic rings. The van der Waals surface area contributed by atoms with E-state index in [2.05, 4.69) is 42.5 Å². The van der Waals surface area contributed by atoms with Gasteiger partial charge >= 0.3 is 23.9 Å². The third kappa shape index (κ3) is 13.6. The molecular formula is C50H54N8O12. The number of hydrogen-bond donors (Lipinski definition) is 8. The molecule has 8 N–H and O–H groups in total. The Kier molecular flexibility index (Phi) is 18.0. The summed E-state index contributed by atoms with van der Waals surface area (Å²) in [6.07, 6.45) is 0. The largest absolute Gasteiger partial charge is 0.467 e. The molecule has 0 fully saturated rings. The number of para-hydroxylation sites is 2. The average Bonchev–Trinajstić information content (AvgIpc) is 3.36. The minimum atomic E-state index is -1.07. The van der Waals surface area contributed by atoms with Gasteiger partial charge < -0.3 is 61.5 Å². The first-order valence-corrected chi connectivity index (χ1v) is 21.7. The van der Waals surface area contributed by atoms with Crippen molar-refractivity contribution in [2.75, 3.05) is 49.7 Å². The minimum absolute atomic E-state index is 0.00571. The summed E-state index contributed by atoms with van der Waals surface area (Å²) in [7, 11) is 4.82. The Morgan fingerprint density at radius 1 is 0.329 bits per heavy atom. The molecule has 366 valence electrons. The Labute approximate surface area is 403 Å². The van der Waals surface area contributed by atoms with Crippen molar-refractivity contribution in [1.82, 2.24) is 21.3 Å². The van der Waals surface area contributed by atoms with Crippen molar-refractivity contribution >= 4 is 93.0 Å². The van der Waals surface area contributed by atoms with E-state index in [4.69, 9.17) is 18.9 Å². The zero-order valence-corrected chi connectivity index (χ0v) is 39.6. The van der Waals surface area contributed by atoms with E-state index < -0.39 is 71.7 Å². The first-order chi connectivity index (χ1) is 33.5. The standard InChI is InChI=1S/C50H54N8O12/c1-27(47(63)67-5)51-43(59)35-13-9-11-15-39(35)55-31-17-21-33(22-18-31)57-41-25-38(46(62)54-30(4)50(66)70-8)42(26-37(41)45(61)53-29(3)49(65)69-7)58-34-23-19-32(20-24-34)56-40-16-12-10-14-36(40)44(60)52-28(2)48(64)68-6/h9-30,55-58H,1-8H3,(H,51,59)(H,52,60)(H,53,61)(H,54,62)/t27-,28-,29-,30-/m0/s1. The van der Waals surface area contributed by atoms with E-state index in [0.717, 1.165) is 0 Å². The Balaban J connectivity index is 1.48. The summed E-state index contributed by atoms with van der Waals surface area (Å²) < 4.78 is 19.1. The van der Waals surface area contributed by atoms with Gasteiger partial charge in [0.25, 0.3) is 23.6 Å². The highest BCUT2D eigenvalue weighted by atomic mass is 16.5. The summed E-state index contributed by atoms with van der Waals surface area (Å²) in [6.45, 7) is 5.91. The summed E-state index contributed by atoms with van der Waals surface area (Å²) >= 11 is 0. The predicted octanol–water partition coefficient (Wildman–Crippen LogP) is 5.83. The summed E-state index contributed by atoms with van der Waals surface area (Å²) in [5, 5.41) is 23.3. The molecule has 0 aliphatic rings. The molecule has 0 unspecified atom stereocenters. The fourth-order valence-electron chi connectivity index (χ4n) is 6.70. The minimum Gasteiger partial charge on any atom is -0.467 e. The van der Waals surface area contributed by atoms with Crippen molar-refractivity contribution in [1.29, 1.82) is 0 Å². The third-order valence-corrected chi connectivity index (χ3v) is 10.5. The van der Waals surface area contributed by atoms with Crippen molar-refractivity contribution < 1.29 is 57.3 Å². The van der Waals surface area contributed by atoms with E-state index in [9.17, 15) is 38.4 Å².